The topological polar surface area (TPSA) is 35.6 Å². The smallest absolute Gasteiger partial charge is 0.254 e. The third-order valence-corrected chi connectivity index (χ3v) is 4.58. The number of carbonyl (C=O) groups is 1. The predicted molar refractivity (Wildman–Crippen MR) is 91.0 cm³/mol. The summed E-state index contributed by atoms with van der Waals surface area (Å²) in [5.74, 6) is -4.65. The number of benzene rings is 1. The first kappa shape index (κ1) is 19.7. The van der Waals surface area contributed by atoms with Gasteiger partial charge in [-0.1, -0.05) is 13.8 Å². The summed E-state index contributed by atoms with van der Waals surface area (Å²) in [6.45, 7) is 8.30. The Morgan fingerprint density at radius 2 is 1.76 bits per heavy atom. The minimum Gasteiger partial charge on any atom is -0.350 e. The Labute approximate surface area is 147 Å². The van der Waals surface area contributed by atoms with E-state index >= 15 is 0 Å². The molecule has 1 aromatic rings. The number of halogens is 3. The van der Waals surface area contributed by atoms with E-state index in [0.717, 1.165) is 44.7 Å². The highest BCUT2D eigenvalue weighted by Crippen LogP contribution is 2.16. The average Bonchev–Trinajstić information content (AvgIpc) is 2.57. The van der Waals surface area contributed by atoms with Crippen molar-refractivity contribution >= 4 is 5.91 Å². The molecule has 1 heterocycles. The minimum atomic E-state index is -1.62. The van der Waals surface area contributed by atoms with E-state index in [1.54, 1.807) is 0 Å². The van der Waals surface area contributed by atoms with Gasteiger partial charge in [0.2, 0.25) is 0 Å². The molecule has 0 spiro atoms. The van der Waals surface area contributed by atoms with Crippen molar-refractivity contribution in [3.63, 3.8) is 0 Å². The molecule has 1 saturated heterocycles. The number of piperazine rings is 1. The van der Waals surface area contributed by atoms with Gasteiger partial charge in [-0.3, -0.25) is 9.69 Å². The van der Waals surface area contributed by atoms with Gasteiger partial charge in [-0.2, -0.15) is 0 Å². The van der Waals surface area contributed by atoms with Crippen LogP contribution >= 0.6 is 0 Å². The molecule has 1 amide bonds. The highest BCUT2D eigenvalue weighted by Gasteiger charge is 2.25. The fourth-order valence-electron chi connectivity index (χ4n) is 3.10. The maximum absolute atomic E-state index is 13.8. The fraction of sp³-hybridized carbons (Fsp3) is 0.611. The Morgan fingerprint density at radius 1 is 1.12 bits per heavy atom. The lowest BCUT2D eigenvalue weighted by atomic mass is 10.0. The Morgan fingerprint density at radius 3 is 2.36 bits per heavy atom. The first-order valence-electron chi connectivity index (χ1n) is 8.64. The van der Waals surface area contributed by atoms with Crippen LogP contribution in [0, 0.1) is 23.4 Å². The Bertz CT molecular complexity index is 601. The number of amides is 1. The molecule has 7 heteroatoms. The van der Waals surface area contributed by atoms with Gasteiger partial charge in [0, 0.05) is 38.8 Å². The summed E-state index contributed by atoms with van der Waals surface area (Å²) in [6, 6.07) is 1.86. The first-order chi connectivity index (χ1) is 11.8. The van der Waals surface area contributed by atoms with Crippen molar-refractivity contribution in [2.24, 2.45) is 5.92 Å². The highest BCUT2D eigenvalue weighted by atomic mass is 19.2. The Kier molecular flexibility index (Phi) is 6.84. The monoisotopic (exact) mass is 357 g/mol. The maximum Gasteiger partial charge on any atom is 0.254 e. The van der Waals surface area contributed by atoms with Gasteiger partial charge in [-0.25, -0.2) is 13.2 Å². The van der Waals surface area contributed by atoms with Crippen LogP contribution in [0.15, 0.2) is 12.1 Å². The van der Waals surface area contributed by atoms with Gasteiger partial charge in [0.15, 0.2) is 17.5 Å². The summed E-state index contributed by atoms with van der Waals surface area (Å²) in [4.78, 5) is 16.8. The lowest BCUT2D eigenvalue weighted by molar-refractivity contribution is 0.0847. The van der Waals surface area contributed by atoms with E-state index < -0.39 is 28.9 Å². The molecular formula is C18H26F3N3O. The van der Waals surface area contributed by atoms with Crippen molar-refractivity contribution in [2.45, 2.75) is 26.3 Å². The Hall–Kier alpha value is -1.60. The van der Waals surface area contributed by atoms with Gasteiger partial charge in [-0.15, -0.1) is 0 Å². The van der Waals surface area contributed by atoms with E-state index in [4.69, 9.17) is 0 Å². The van der Waals surface area contributed by atoms with Crippen LogP contribution < -0.4 is 5.32 Å². The number of carbonyl (C=O) groups excluding carboxylic acids is 1. The second-order valence-electron chi connectivity index (χ2n) is 7.06. The van der Waals surface area contributed by atoms with Gasteiger partial charge >= 0.3 is 0 Å². The molecule has 0 bridgehead atoms. The molecule has 1 aliphatic rings. The summed E-state index contributed by atoms with van der Waals surface area (Å²) in [7, 11) is 2.07. The quantitative estimate of drug-likeness (QED) is 0.795. The third-order valence-electron chi connectivity index (χ3n) is 4.58. The van der Waals surface area contributed by atoms with Crippen molar-refractivity contribution in [1.82, 2.24) is 15.1 Å². The van der Waals surface area contributed by atoms with Crippen molar-refractivity contribution in [2.75, 3.05) is 39.8 Å². The fourth-order valence-corrected chi connectivity index (χ4v) is 3.10. The van der Waals surface area contributed by atoms with Crippen molar-refractivity contribution in [3.05, 3.63) is 35.1 Å². The maximum atomic E-state index is 13.8. The summed E-state index contributed by atoms with van der Waals surface area (Å²) in [5.41, 5.74) is -0.472. The molecular weight excluding hydrogens is 331 g/mol. The molecule has 1 fully saturated rings. The van der Waals surface area contributed by atoms with E-state index in [1.807, 2.05) is 0 Å². The minimum absolute atomic E-state index is 0.131. The van der Waals surface area contributed by atoms with Gasteiger partial charge in [0.25, 0.3) is 5.91 Å². The summed E-state index contributed by atoms with van der Waals surface area (Å²) < 4.78 is 40.1. The SMILES string of the molecule is CC(C)CC(CNC(=O)c1ccc(F)c(F)c1F)N1CCN(C)CC1. The van der Waals surface area contributed by atoms with Gasteiger partial charge in [0.05, 0.1) is 5.56 Å². The standard InChI is InChI=1S/C18H26F3N3O/c1-12(2)10-13(24-8-6-23(3)7-9-24)11-22-18(25)14-4-5-15(19)17(21)16(14)20/h4-5,12-13H,6-11H2,1-3H3,(H,22,25). The molecule has 2 rings (SSSR count). The van der Waals surface area contributed by atoms with Gasteiger partial charge in [0.1, 0.15) is 0 Å². The number of nitrogens with zero attached hydrogens (tertiary/aromatic N) is 2. The van der Waals surface area contributed by atoms with Gasteiger partial charge < -0.3 is 10.2 Å². The van der Waals surface area contributed by atoms with Crippen LogP contribution in [0.4, 0.5) is 13.2 Å². The van der Waals surface area contributed by atoms with E-state index in [1.165, 1.54) is 0 Å². The van der Waals surface area contributed by atoms with Crippen molar-refractivity contribution < 1.29 is 18.0 Å². The van der Waals surface area contributed by atoms with Gasteiger partial charge in [-0.05, 0) is 31.5 Å². The third kappa shape index (κ3) is 5.19. The first-order valence-corrected chi connectivity index (χ1v) is 8.64. The number of rotatable bonds is 6. The summed E-state index contributed by atoms with van der Waals surface area (Å²) in [6.07, 6.45) is 0.893. The van der Waals surface area contributed by atoms with Crippen molar-refractivity contribution in [3.8, 4) is 0 Å². The normalized spacial score (nSPS) is 17.7. The van der Waals surface area contributed by atoms with Crippen LogP contribution in [0.3, 0.4) is 0 Å². The molecule has 4 nitrogen and oxygen atoms in total. The van der Waals surface area contributed by atoms with Crippen LogP contribution in [-0.4, -0.2) is 61.5 Å². The predicted octanol–water partition coefficient (Wildman–Crippen LogP) is 2.50. The largest absolute Gasteiger partial charge is 0.350 e. The van der Waals surface area contributed by atoms with E-state index in [0.29, 0.717) is 12.5 Å². The van der Waals surface area contributed by atoms with Crippen LogP contribution in [0.2, 0.25) is 0 Å². The Balaban J connectivity index is 2.02. The number of likely N-dealkylation sites (N-methyl/N-ethyl adjacent to an activating group) is 1. The number of hydrogen-bond acceptors (Lipinski definition) is 3. The second-order valence-corrected chi connectivity index (χ2v) is 7.06. The van der Waals surface area contributed by atoms with E-state index in [9.17, 15) is 18.0 Å². The molecule has 1 aromatic carbocycles. The van der Waals surface area contributed by atoms with E-state index in [-0.39, 0.29) is 6.04 Å². The molecule has 0 aromatic heterocycles. The molecule has 1 unspecified atom stereocenters. The highest BCUT2D eigenvalue weighted by molar-refractivity contribution is 5.94. The molecule has 140 valence electrons. The second kappa shape index (κ2) is 8.67. The van der Waals surface area contributed by atoms with Crippen LogP contribution in [0.25, 0.3) is 0 Å². The molecule has 25 heavy (non-hydrogen) atoms. The molecule has 0 saturated carbocycles. The summed E-state index contributed by atoms with van der Waals surface area (Å²) >= 11 is 0. The zero-order valence-electron chi connectivity index (χ0n) is 15.0. The summed E-state index contributed by atoms with van der Waals surface area (Å²) in [5, 5.41) is 2.68. The number of hydrogen-bond donors (Lipinski definition) is 1. The lowest BCUT2D eigenvalue weighted by Gasteiger charge is -2.38. The average molecular weight is 357 g/mol. The molecule has 0 radical (unpaired) electrons. The van der Waals surface area contributed by atoms with Crippen LogP contribution in [-0.2, 0) is 0 Å². The van der Waals surface area contributed by atoms with Crippen LogP contribution in [0.1, 0.15) is 30.6 Å². The molecule has 0 aliphatic carbocycles. The lowest BCUT2D eigenvalue weighted by Crippen LogP contribution is -2.52. The molecule has 1 aliphatic heterocycles. The van der Waals surface area contributed by atoms with Crippen molar-refractivity contribution in [1.29, 1.82) is 0 Å². The number of nitrogens with one attached hydrogen (secondary N) is 1. The van der Waals surface area contributed by atoms with Crippen LogP contribution in [0.5, 0.6) is 0 Å². The molecule has 1 atom stereocenters. The van der Waals surface area contributed by atoms with E-state index in [2.05, 4.69) is 36.0 Å². The zero-order chi connectivity index (χ0) is 18.6. The zero-order valence-corrected chi connectivity index (χ0v) is 15.0. The molecule has 1 N–H and O–H groups in total.